The van der Waals surface area contributed by atoms with Crippen molar-refractivity contribution < 1.29 is 18.0 Å². The standard InChI is InChI=1S/C19H31N3O4S2/c1-13-7-8-14(2)16(11-13)28(25,26)22-15(9-10-27-6)18(24)20-12-17(23)21-19(3,4)5/h7-8,11,15,22H,9-10,12H2,1-6H3,(H,20,24)(H,21,23). The zero-order valence-corrected chi connectivity index (χ0v) is 19.0. The van der Waals surface area contributed by atoms with E-state index in [1.54, 1.807) is 19.1 Å². The molecule has 0 aliphatic heterocycles. The van der Waals surface area contributed by atoms with Crippen molar-refractivity contribution in [1.82, 2.24) is 15.4 Å². The highest BCUT2D eigenvalue weighted by atomic mass is 32.2. The summed E-state index contributed by atoms with van der Waals surface area (Å²) in [4.78, 5) is 24.6. The molecule has 0 aromatic heterocycles. The van der Waals surface area contributed by atoms with E-state index in [0.29, 0.717) is 17.7 Å². The minimum atomic E-state index is -3.88. The van der Waals surface area contributed by atoms with E-state index in [1.165, 1.54) is 11.8 Å². The van der Waals surface area contributed by atoms with Gasteiger partial charge in [-0.3, -0.25) is 9.59 Å². The van der Waals surface area contributed by atoms with E-state index in [2.05, 4.69) is 15.4 Å². The fourth-order valence-electron chi connectivity index (χ4n) is 2.48. The van der Waals surface area contributed by atoms with E-state index in [-0.39, 0.29) is 17.3 Å². The summed E-state index contributed by atoms with van der Waals surface area (Å²) in [5, 5.41) is 5.27. The van der Waals surface area contributed by atoms with E-state index < -0.39 is 27.5 Å². The number of nitrogens with one attached hydrogen (secondary N) is 3. The lowest BCUT2D eigenvalue weighted by molar-refractivity contribution is -0.127. The highest BCUT2D eigenvalue weighted by Gasteiger charge is 2.27. The summed E-state index contributed by atoms with van der Waals surface area (Å²) in [5.74, 6) is -0.254. The molecular weight excluding hydrogens is 398 g/mol. The monoisotopic (exact) mass is 429 g/mol. The molecule has 0 heterocycles. The number of hydrogen-bond acceptors (Lipinski definition) is 5. The number of carbonyl (C=O) groups is 2. The second-order valence-electron chi connectivity index (χ2n) is 7.74. The second kappa shape index (κ2) is 10.3. The normalized spacial score (nSPS) is 13.1. The molecule has 1 rings (SSSR count). The maximum absolute atomic E-state index is 12.8. The molecule has 0 spiro atoms. The van der Waals surface area contributed by atoms with Crippen LogP contribution in [0.1, 0.15) is 38.3 Å². The van der Waals surface area contributed by atoms with Gasteiger partial charge in [-0.2, -0.15) is 16.5 Å². The Bertz CT molecular complexity index is 802. The van der Waals surface area contributed by atoms with Crippen LogP contribution in [0.3, 0.4) is 0 Å². The van der Waals surface area contributed by atoms with Gasteiger partial charge >= 0.3 is 0 Å². The Labute approximate surface area is 172 Å². The Hall–Kier alpha value is -1.58. The molecule has 158 valence electrons. The first-order chi connectivity index (χ1) is 12.9. The molecule has 1 atom stereocenters. The van der Waals surface area contributed by atoms with Crippen molar-refractivity contribution in [2.24, 2.45) is 0 Å². The summed E-state index contributed by atoms with van der Waals surface area (Å²) in [6.07, 6.45) is 2.20. The van der Waals surface area contributed by atoms with Gasteiger partial charge in [0.2, 0.25) is 21.8 Å². The number of hydrogen-bond donors (Lipinski definition) is 3. The van der Waals surface area contributed by atoms with Crippen LogP contribution in [0.2, 0.25) is 0 Å². The molecule has 28 heavy (non-hydrogen) atoms. The predicted molar refractivity (Wildman–Crippen MR) is 114 cm³/mol. The van der Waals surface area contributed by atoms with Crippen molar-refractivity contribution in [3.63, 3.8) is 0 Å². The summed E-state index contributed by atoms with van der Waals surface area (Å²) in [5.41, 5.74) is 1.01. The Morgan fingerprint density at radius 3 is 2.39 bits per heavy atom. The molecule has 0 aliphatic carbocycles. The average Bonchev–Trinajstić information content (AvgIpc) is 2.56. The van der Waals surface area contributed by atoms with Crippen LogP contribution in [0.5, 0.6) is 0 Å². The third-order valence-corrected chi connectivity index (χ3v) is 6.05. The van der Waals surface area contributed by atoms with Crippen LogP contribution in [-0.4, -0.2) is 50.4 Å². The molecule has 0 radical (unpaired) electrons. The maximum atomic E-state index is 12.8. The Kier molecular flexibility index (Phi) is 8.97. The molecule has 0 saturated heterocycles. The summed E-state index contributed by atoms with van der Waals surface area (Å²) in [7, 11) is -3.88. The highest BCUT2D eigenvalue weighted by Crippen LogP contribution is 2.17. The lowest BCUT2D eigenvalue weighted by atomic mass is 10.1. The van der Waals surface area contributed by atoms with Crippen molar-refractivity contribution in [1.29, 1.82) is 0 Å². The first-order valence-corrected chi connectivity index (χ1v) is 11.9. The van der Waals surface area contributed by atoms with Crippen LogP contribution in [0.4, 0.5) is 0 Å². The van der Waals surface area contributed by atoms with Gasteiger partial charge in [0.05, 0.1) is 11.4 Å². The fourth-order valence-corrected chi connectivity index (χ4v) is 4.51. The van der Waals surface area contributed by atoms with Crippen LogP contribution in [0.15, 0.2) is 23.1 Å². The molecule has 1 aromatic rings. The van der Waals surface area contributed by atoms with E-state index in [0.717, 1.165) is 5.56 Å². The van der Waals surface area contributed by atoms with Crippen molar-refractivity contribution in [3.05, 3.63) is 29.3 Å². The summed E-state index contributed by atoms with van der Waals surface area (Å²) < 4.78 is 28.2. The topological polar surface area (TPSA) is 104 Å². The predicted octanol–water partition coefficient (Wildman–Crippen LogP) is 1.73. The molecule has 2 amide bonds. The third-order valence-electron chi connectivity index (χ3n) is 3.80. The lowest BCUT2D eigenvalue weighted by Crippen LogP contribution is -2.51. The summed E-state index contributed by atoms with van der Waals surface area (Å²) >= 11 is 1.51. The van der Waals surface area contributed by atoms with Gasteiger partial charge in [0.1, 0.15) is 6.04 Å². The second-order valence-corrected chi connectivity index (χ2v) is 10.4. The van der Waals surface area contributed by atoms with Crippen LogP contribution < -0.4 is 15.4 Å². The molecule has 0 fully saturated rings. The molecule has 0 bridgehead atoms. The SMILES string of the molecule is CSCCC(NS(=O)(=O)c1cc(C)ccc1C)C(=O)NCC(=O)NC(C)(C)C. The summed E-state index contributed by atoms with van der Waals surface area (Å²) in [6, 6.07) is 4.19. The number of thioether (sulfide) groups is 1. The molecule has 0 aliphatic rings. The van der Waals surface area contributed by atoms with Crippen LogP contribution >= 0.6 is 11.8 Å². The first kappa shape index (κ1) is 24.5. The average molecular weight is 430 g/mol. The maximum Gasteiger partial charge on any atom is 0.241 e. The van der Waals surface area contributed by atoms with Gasteiger partial charge in [0.15, 0.2) is 0 Å². The van der Waals surface area contributed by atoms with E-state index >= 15 is 0 Å². The van der Waals surface area contributed by atoms with Crippen LogP contribution in [0, 0.1) is 13.8 Å². The zero-order chi connectivity index (χ0) is 21.5. The van der Waals surface area contributed by atoms with E-state index in [9.17, 15) is 18.0 Å². The Balaban J connectivity index is 2.91. The molecule has 1 unspecified atom stereocenters. The minimum absolute atomic E-state index is 0.153. The van der Waals surface area contributed by atoms with E-state index in [1.807, 2.05) is 40.0 Å². The smallest absolute Gasteiger partial charge is 0.241 e. The van der Waals surface area contributed by atoms with Crippen molar-refractivity contribution in [3.8, 4) is 0 Å². The Morgan fingerprint density at radius 2 is 1.82 bits per heavy atom. The highest BCUT2D eigenvalue weighted by molar-refractivity contribution is 7.98. The molecular formula is C19H31N3O4S2. The van der Waals surface area contributed by atoms with Gasteiger partial charge < -0.3 is 10.6 Å². The van der Waals surface area contributed by atoms with Crippen molar-refractivity contribution >= 4 is 33.6 Å². The number of carbonyl (C=O) groups excluding carboxylic acids is 2. The third kappa shape index (κ3) is 8.20. The number of amides is 2. The largest absolute Gasteiger partial charge is 0.350 e. The zero-order valence-electron chi connectivity index (χ0n) is 17.4. The summed E-state index contributed by atoms with van der Waals surface area (Å²) in [6.45, 7) is 8.83. The fraction of sp³-hybridized carbons (Fsp3) is 0.579. The van der Waals surface area contributed by atoms with Crippen LogP contribution in [0.25, 0.3) is 0 Å². The van der Waals surface area contributed by atoms with Gasteiger partial charge in [-0.1, -0.05) is 12.1 Å². The number of aryl methyl sites for hydroxylation is 2. The number of benzene rings is 1. The molecule has 7 nitrogen and oxygen atoms in total. The molecule has 0 saturated carbocycles. The van der Waals surface area contributed by atoms with Gasteiger partial charge in [-0.05, 0) is 70.2 Å². The van der Waals surface area contributed by atoms with Crippen molar-refractivity contribution in [2.75, 3.05) is 18.6 Å². The first-order valence-electron chi connectivity index (χ1n) is 9.03. The molecule has 3 N–H and O–H groups in total. The lowest BCUT2D eigenvalue weighted by Gasteiger charge is -2.22. The van der Waals surface area contributed by atoms with Crippen molar-refractivity contribution in [2.45, 2.75) is 57.5 Å². The Morgan fingerprint density at radius 1 is 1.18 bits per heavy atom. The van der Waals surface area contributed by atoms with Gasteiger partial charge in [-0.15, -0.1) is 0 Å². The number of rotatable bonds is 9. The van der Waals surface area contributed by atoms with Crippen LogP contribution in [-0.2, 0) is 19.6 Å². The molecule has 9 heteroatoms. The molecule has 1 aromatic carbocycles. The van der Waals surface area contributed by atoms with Gasteiger partial charge in [0, 0.05) is 5.54 Å². The van der Waals surface area contributed by atoms with Gasteiger partial charge in [0.25, 0.3) is 0 Å². The quantitative estimate of drug-likeness (QED) is 0.555. The number of sulfonamides is 1. The van der Waals surface area contributed by atoms with E-state index in [4.69, 9.17) is 0 Å². The minimum Gasteiger partial charge on any atom is -0.350 e. The van der Waals surface area contributed by atoms with Gasteiger partial charge in [-0.25, -0.2) is 8.42 Å².